The molecular formula is C11H20O. The highest BCUT2D eigenvalue weighted by atomic mass is 16.5. The molecule has 0 bridgehead atoms. The molecule has 0 radical (unpaired) electrons. The zero-order chi connectivity index (χ0) is 8.23. The van der Waals surface area contributed by atoms with E-state index in [0.717, 1.165) is 25.0 Å². The van der Waals surface area contributed by atoms with Crippen molar-refractivity contribution in [3.8, 4) is 0 Å². The maximum atomic E-state index is 5.70. The SMILES string of the molecule is C1CCC(COCC2CC2)CC1. The average molecular weight is 168 g/mol. The highest BCUT2D eigenvalue weighted by molar-refractivity contribution is 4.72. The van der Waals surface area contributed by atoms with Crippen molar-refractivity contribution in [2.75, 3.05) is 13.2 Å². The Morgan fingerprint density at radius 3 is 1.92 bits per heavy atom. The van der Waals surface area contributed by atoms with Gasteiger partial charge in [0.25, 0.3) is 0 Å². The molecule has 0 spiro atoms. The van der Waals surface area contributed by atoms with Crippen molar-refractivity contribution in [3.05, 3.63) is 0 Å². The van der Waals surface area contributed by atoms with Crippen LogP contribution >= 0.6 is 0 Å². The van der Waals surface area contributed by atoms with Crippen LogP contribution in [0.2, 0.25) is 0 Å². The molecule has 0 aliphatic heterocycles. The molecule has 0 amide bonds. The molecule has 0 aromatic heterocycles. The predicted octanol–water partition coefficient (Wildman–Crippen LogP) is 2.99. The Morgan fingerprint density at radius 1 is 0.750 bits per heavy atom. The Balaban J connectivity index is 1.52. The number of hydrogen-bond acceptors (Lipinski definition) is 1. The molecule has 0 heterocycles. The lowest BCUT2D eigenvalue weighted by Gasteiger charge is -2.21. The van der Waals surface area contributed by atoms with Gasteiger partial charge in [0, 0.05) is 13.2 Å². The second kappa shape index (κ2) is 4.27. The molecule has 1 nitrogen and oxygen atoms in total. The topological polar surface area (TPSA) is 9.23 Å². The number of hydrogen-bond donors (Lipinski definition) is 0. The standard InChI is InChI=1S/C11H20O/c1-2-4-10(5-3-1)8-12-9-11-6-7-11/h10-11H,1-9H2. The Morgan fingerprint density at radius 2 is 1.33 bits per heavy atom. The summed E-state index contributed by atoms with van der Waals surface area (Å²) in [6.07, 6.45) is 10.0. The van der Waals surface area contributed by atoms with Crippen LogP contribution in [0.25, 0.3) is 0 Å². The van der Waals surface area contributed by atoms with Gasteiger partial charge in [-0.2, -0.15) is 0 Å². The molecule has 2 fully saturated rings. The van der Waals surface area contributed by atoms with Gasteiger partial charge in [0.1, 0.15) is 0 Å². The van der Waals surface area contributed by atoms with Crippen molar-refractivity contribution in [2.24, 2.45) is 11.8 Å². The molecule has 0 saturated heterocycles. The highest BCUT2D eigenvalue weighted by Gasteiger charge is 2.22. The molecule has 2 saturated carbocycles. The van der Waals surface area contributed by atoms with Crippen LogP contribution in [0.3, 0.4) is 0 Å². The molecular weight excluding hydrogens is 148 g/mol. The molecule has 1 heteroatoms. The fourth-order valence-corrected chi connectivity index (χ4v) is 2.04. The summed E-state index contributed by atoms with van der Waals surface area (Å²) >= 11 is 0. The van der Waals surface area contributed by atoms with Gasteiger partial charge in [0.2, 0.25) is 0 Å². The molecule has 0 aromatic rings. The third-order valence-electron chi connectivity index (χ3n) is 3.13. The van der Waals surface area contributed by atoms with E-state index in [0.29, 0.717) is 0 Å². The quantitative estimate of drug-likeness (QED) is 0.627. The summed E-state index contributed by atoms with van der Waals surface area (Å²) in [6, 6.07) is 0. The van der Waals surface area contributed by atoms with Gasteiger partial charge in [-0.1, -0.05) is 19.3 Å². The third-order valence-corrected chi connectivity index (χ3v) is 3.13. The lowest BCUT2D eigenvalue weighted by atomic mass is 9.90. The van der Waals surface area contributed by atoms with Crippen molar-refractivity contribution in [1.82, 2.24) is 0 Å². The van der Waals surface area contributed by atoms with Crippen LogP contribution in [0.1, 0.15) is 44.9 Å². The maximum absolute atomic E-state index is 5.70. The van der Waals surface area contributed by atoms with E-state index in [1.54, 1.807) is 0 Å². The smallest absolute Gasteiger partial charge is 0.0494 e. The molecule has 2 aliphatic rings. The van der Waals surface area contributed by atoms with E-state index < -0.39 is 0 Å². The minimum atomic E-state index is 0.900. The molecule has 12 heavy (non-hydrogen) atoms. The first-order valence-corrected chi connectivity index (χ1v) is 5.53. The van der Waals surface area contributed by atoms with Gasteiger partial charge >= 0.3 is 0 Å². The summed E-state index contributed by atoms with van der Waals surface area (Å²) in [4.78, 5) is 0. The van der Waals surface area contributed by atoms with Gasteiger partial charge in [0.05, 0.1) is 0 Å². The molecule has 0 atom stereocenters. The van der Waals surface area contributed by atoms with Crippen molar-refractivity contribution in [2.45, 2.75) is 44.9 Å². The van der Waals surface area contributed by atoms with E-state index in [-0.39, 0.29) is 0 Å². The monoisotopic (exact) mass is 168 g/mol. The number of ether oxygens (including phenoxy) is 1. The molecule has 2 aliphatic carbocycles. The van der Waals surface area contributed by atoms with Gasteiger partial charge in [-0.15, -0.1) is 0 Å². The Kier molecular flexibility index (Phi) is 3.04. The predicted molar refractivity (Wildman–Crippen MR) is 50.1 cm³/mol. The average Bonchev–Trinajstić information content (AvgIpc) is 2.90. The normalized spacial score (nSPS) is 26.0. The van der Waals surface area contributed by atoms with E-state index >= 15 is 0 Å². The molecule has 70 valence electrons. The van der Waals surface area contributed by atoms with E-state index in [1.165, 1.54) is 44.9 Å². The van der Waals surface area contributed by atoms with Crippen LogP contribution in [0.4, 0.5) is 0 Å². The lowest BCUT2D eigenvalue weighted by molar-refractivity contribution is 0.0781. The zero-order valence-corrected chi connectivity index (χ0v) is 7.93. The minimum absolute atomic E-state index is 0.900. The van der Waals surface area contributed by atoms with Crippen LogP contribution in [-0.2, 0) is 4.74 Å². The summed E-state index contributed by atoms with van der Waals surface area (Å²) in [6.45, 7) is 2.10. The summed E-state index contributed by atoms with van der Waals surface area (Å²) in [7, 11) is 0. The van der Waals surface area contributed by atoms with Crippen molar-refractivity contribution >= 4 is 0 Å². The largest absolute Gasteiger partial charge is 0.381 e. The van der Waals surface area contributed by atoms with Crippen LogP contribution in [0, 0.1) is 11.8 Å². The Bertz CT molecular complexity index is 123. The van der Waals surface area contributed by atoms with E-state index in [9.17, 15) is 0 Å². The highest BCUT2D eigenvalue weighted by Crippen LogP contribution is 2.30. The van der Waals surface area contributed by atoms with Crippen molar-refractivity contribution < 1.29 is 4.74 Å². The summed E-state index contributed by atoms with van der Waals surface area (Å²) in [5.41, 5.74) is 0. The van der Waals surface area contributed by atoms with Gasteiger partial charge in [0.15, 0.2) is 0 Å². The lowest BCUT2D eigenvalue weighted by Crippen LogP contribution is -2.14. The van der Waals surface area contributed by atoms with Gasteiger partial charge < -0.3 is 4.74 Å². The van der Waals surface area contributed by atoms with Gasteiger partial charge in [-0.25, -0.2) is 0 Å². The van der Waals surface area contributed by atoms with E-state index in [4.69, 9.17) is 4.74 Å². The zero-order valence-electron chi connectivity index (χ0n) is 7.93. The van der Waals surface area contributed by atoms with E-state index in [1.807, 2.05) is 0 Å². The van der Waals surface area contributed by atoms with Crippen LogP contribution in [0.5, 0.6) is 0 Å². The minimum Gasteiger partial charge on any atom is -0.381 e. The van der Waals surface area contributed by atoms with Crippen LogP contribution in [-0.4, -0.2) is 13.2 Å². The van der Waals surface area contributed by atoms with E-state index in [2.05, 4.69) is 0 Å². The maximum Gasteiger partial charge on any atom is 0.0494 e. The molecule has 0 unspecified atom stereocenters. The summed E-state index contributed by atoms with van der Waals surface area (Å²) in [5.74, 6) is 1.84. The van der Waals surface area contributed by atoms with Gasteiger partial charge in [-0.05, 0) is 37.5 Å². The fraction of sp³-hybridized carbons (Fsp3) is 1.00. The fourth-order valence-electron chi connectivity index (χ4n) is 2.04. The second-order valence-corrected chi connectivity index (χ2v) is 4.48. The molecule has 0 N–H and O–H groups in total. The molecule has 0 aromatic carbocycles. The summed E-state index contributed by atoms with van der Waals surface area (Å²) < 4.78 is 5.70. The van der Waals surface area contributed by atoms with Crippen molar-refractivity contribution in [3.63, 3.8) is 0 Å². The second-order valence-electron chi connectivity index (χ2n) is 4.48. The Labute approximate surface area is 75.5 Å². The van der Waals surface area contributed by atoms with Crippen LogP contribution in [0.15, 0.2) is 0 Å². The first-order valence-electron chi connectivity index (χ1n) is 5.53. The number of rotatable bonds is 4. The Hall–Kier alpha value is -0.0400. The van der Waals surface area contributed by atoms with Crippen molar-refractivity contribution in [1.29, 1.82) is 0 Å². The third kappa shape index (κ3) is 2.78. The van der Waals surface area contributed by atoms with Crippen LogP contribution < -0.4 is 0 Å². The summed E-state index contributed by atoms with van der Waals surface area (Å²) in [5, 5.41) is 0. The first-order chi connectivity index (χ1) is 5.95. The molecule has 2 rings (SSSR count). The van der Waals surface area contributed by atoms with Gasteiger partial charge in [-0.3, -0.25) is 0 Å². The first kappa shape index (κ1) is 8.55.